The number of aliphatic hydroxyl groups is 1. The number of thioether (sulfide) groups is 1. The summed E-state index contributed by atoms with van der Waals surface area (Å²) in [7, 11) is -1.24. The van der Waals surface area contributed by atoms with Gasteiger partial charge in [-0.15, -0.1) is 11.8 Å². The zero-order valence-electron chi connectivity index (χ0n) is 22.0. The Kier molecular flexibility index (Phi) is 10.5. The Morgan fingerprint density at radius 1 is 1.11 bits per heavy atom. The highest BCUT2D eigenvalue weighted by Gasteiger charge is 2.43. The molecule has 4 atom stereocenters. The quantitative estimate of drug-likeness (QED) is 0.436. The predicted molar refractivity (Wildman–Crippen MR) is 145 cm³/mol. The van der Waals surface area contributed by atoms with Crippen LogP contribution in [-0.2, 0) is 23.7 Å². The molecule has 0 unspecified atom stereocenters. The van der Waals surface area contributed by atoms with Crippen molar-refractivity contribution in [3.05, 3.63) is 54.2 Å². The van der Waals surface area contributed by atoms with E-state index in [-0.39, 0.29) is 23.8 Å². The van der Waals surface area contributed by atoms with E-state index in [0.29, 0.717) is 12.1 Å². The van der Waals surface area contributed by atoms with Crippen LogP contribution in [0.15, 0.2) is 48.5 Å². The van der Waals surface area contributed by atoms with Crippen LogP contribution in [0.4, 0.5) is 0 Å². The SMILES string of the molecule is CC(C)C[C@H](CC(=O)[C@@H](NC(=O)c1cccc(-c2ccccc2)n1)[C@@H](C)O)B1OC(=O)CS[C@H](C)C(=O)O1. The van der Waals surface area contributed by atoms with E-state index in [4.69, 9.17) is 9.31 Å². The summed E-state index contributed by atoms with van der Waals surface area (Å²) in [4.78, 5) is 55.5. The van der Waals surface area contributed by atoms with Gasteiger partial charge >= 0.3 is 19.1 Å². The van der Waals surface area contributed by atoms with Gasteiger partial charge in [-0.05, 0) is 38.3 Å². The van der Waals surface area contributed by atoms with E-state index in [1.807, 2.05) is 44.2 Å². The fraction of sp³-hybridized carbons (Fsp3) is 0.444. The van der Waals surface area contributed by atoms with Crippen LogP contribution >= 0.6 is 11.8 Å². The monoisotopic (exact) mass is 540 g/mol. The first-order chi connectivity index (χ1) is 18.0. The molecule has 38 heavy (non-hydrogen) atoms. The molecule has 1 aromatic carbocycles. The van der Waals surface area contributed by atoms with Crippen molar-refractivity contribution in [2.24, 2.45) is 5.92 Å². The van der Waals surface area contributed by atoms with E-state index in [0.717, 1.165) is 17.3 Å². The van der Waals surface area contributed by atoms with Crippen LogP contribution in [0.1, 0.15) is 51.0 Å². The number of amides is 1. The minimum atomic E-state index is -1.24. The van der Waals surface area contributed by atoms with Crippen LogP contribution in [0.3, 0.4) is 0 Å². The van der Waals surface area contributed by atoms with E-state index in [1.54, 1.807) is 19.1 Å². The maximum Gasteiger partial charge on any atom is 0.602 e. The summed E-state index contributed by atoms with van der Waals surface area (Å²) in [5, 5.41) is 12.4. The second-order valence-corrected chi connectivity index (χ2v) is 11.1. The number of Topliss-reactive ketones (excluding diaryl/α,β-unsaturated/α-hetero) is 1. The maximum absolute atomic E-state index is 13.4. The van der Waals surface area contributed by atoms with Gasteiger partial charge < -0.3 is 19.7 Å². The number of aromatic nitrogens is 1. The molecule has 0 aliphatic carbocycles. The number of carbonyl (C=O) groups excluding carboxylic acids is 4. The largest absolute Gasteiger partial charge is 0.602 e. The molecule has 0 radical (unpaired) electrons. The molecule has 9 nitrogen and oxygen atoms in total. The summed E-state index contributed by atoms with van der Waals surface area (Å²) in [6.45, 7) is 6.91. The lowest BCUT2D eigenvalue weighted by Crippen LogP contribution is -2.49. The van der Waals surface area contributed by atoms with Crippen molar-refractivity contribution in [2.75, 3.05) is 5.75 Å². The lowest BCUT2D eigenvalue weighted by molar-refractivity contribution is -0.140. The molecule has 0 saturated carbocycles. The fourth-order valence-corrected chi connectivity index (χ4v) is 4.79. The first-order valence-electron chi connectivity index (χ1n) is 12.6. The Balaban J connectivity index is 1.77. The van der Waals surface area contributed by atoms with Crippen LogP contribution in [-0.4, -0.2) is 64.0 Å². The van der Waals surface area contributed by atoms with Gasteiger partial charge in [-0.1, -0.05) is 50.2 Å². The van der Waals surface area contributed by atoms with Crippen LogP contribution in [0, 0.1) is 5.92 Å². The molecule has 1 amide bonds. The molecule has 0 spiro atoms. The summed E-state index contributed by atoms with van der Waals surface area (Å²) >= 11 is 1.12. The zero-order valence-corrected chi connectivity index (χ0v) is 22.8. The number of benzene rings is 1. The van der Waals surface area contributed by atoms with Gasteiger partial charge in [-0.25, -0.2) is 4.98 Å². The molecule has 1 aromatic heterocycles. The number of pyridine rings is 1. The van der Waals surface area contributed by atoms with Crippen molar-refractivity contribution in [3.63, 3.8) is 0 Å². The summed E-state index contributed by atoms with van der Waals surface area (Å²) in [5.41, 5.74) is 1.52. The number of carbonyl (C=O) groups is 4. The molecule has 1 saturated heterocycles. The second-order valence-electron chi connectivity index (χ2n) is 9.77. The molecule has 3 rings (SSSR count). The predicted octanol–water partition coefficient (Wildman–Crippen LogP) is 3.31. The summed E-state index contributed by atoms with van der Waals surface area (Å²) in [6, 6.07) is 13.1. The molecule has 202 valence electrons. The molecule has 1 aliphatic heterocycles. The first kappa shape index (κ1) is 29.4. The Morgan fingerprint density at radius 2 is 1.82 bits per heavy atom. The molecule has 11 heteroatoms. The topological polar surface area (TPSA) is 132 Å². The third kappa shape index (κ3) is 8.16. The molecular weight excluding hydrogens is 507 g/mol. The highest BCUT2D eigenvalue weighted by Crippen LogP contribution is 2.30. The van der Waals surface area contributed by atoms with E-state index in [1.165, 1.54) is 13.0 Å². The number of nitrogens with zero attached hydrogens (tertiary/aromatic N) is 1. The van der Waals surface area contributed by atoms with E-state index >= 15 is 0 Å². The summed E-state index contributed by atoms with van der Waals surface area (Å²) < 4.78 is 10.9. The number of ketones is 1. The van der Waals surface area contributed by atoms with E-state index in [2.05, 4.69) is 10.3 Å². The second kappa shape index (κ2) is 13.6. The van der Waals surface area contributed by atoms with Crippen molar-refractivity contribution < 1.29 is 33.6 Å². The normalized spacial score (nSPS) is 18.5. The van der Waals surface area contributed by atoms with Crippen molar-refractivity contribution in [3.8, 4) is 11.3 Å². The minimum Gasteiger partial charge on any atom is -0.498 e. The molecule has 2 heterocycles. The fourth-order valence-electron chi connectivity index (χ4n) is 4.15. The average Bonchev–Trinajstić information content (AvgIpc) is 2.88. The standard InChI is InChI=1S/C27H33BN2O7S/c1-16(2)13-20(28-36-24(33)15-38-18(4)27(35)37-28)14-23(32)25(17(3)31)30-26(34)22-12-8-11-21(29-22)19-9-6-5-7-10-19/h5-12,16-18,20,25,31H,13-15H2,1-4H3,(H,30,34)/t17-,18-,20-,25+/m1/s1. The Morgan fingerprint density at radius 3 is 2.47 bits per heavy atom. The van der Waals surface area contributed by atoms with Crippen molar-refractivity contribution in [1.82, 2.24) is 10.3 Å². The highest BCUT2D eigenvalue weighted by molar-refractivity contribution is 8.01. The highest BCUT2D eigenvalue weighted by atomic mass is 32.2. The maximum atomic E-state index is 13.4. The third-order valence-electron chi connectivity index (χ3n) is 6.05. The first-order valence-corrected chi connectivity index (χ1v) is 13.7. The van der Waals surface area contributed by atoms with Gasteiger partial charge in [0.25, 0.3) is 5.91 Å². The lowest BCUT2D eigenvalue weighted by atomic mass is 9.64. The molecule has 1 aliphatic rings. The van der Waals surface area contributed by atoms with Crippen LogP contribution in [0.5, 0.6) is 0 Å². The van der Waals surface area contributed by atoms with E-state index in [9.17, 15) is 24.3 Å². The van der Waals surface area contributed by atoms with Gasteiger partial charge in [-0.2, -0.15) is 0 Å². The van der Waals surface area contributed by atoms with Crippen molar-refractivity contribution in [2.45, 2.75) is 63.7 Å². The Hall–Kier alpha value is -3.18. The van der Waals surface area contributed by atoms with Gasteiger partial charge in [0.2, 0.25) is 0 Å². The van der Waals surface area contributed by atoms with Gasteiger partial charge in [0.1, 0.15) is 11.7 Å². The number of rotatable bonds is 10. The van der Waals surface area contributed by atoms with E-state index < -0.39 is 54.0 Å². The molecule has 0 bridgehead atoms. The molecular formula is C27H33BN2O7S. The Labute approximate surface area is 227 Å². The molecule has 2 aromatic rings. The number of hydrogen-bond acceptors (Lipinski definition) is 9. The zero-order chi connectivity index (χ0) is 27.8. The number of hydrogen-bond donors (Lipinski definition) is 2. The van der Waals surface area contributed by atoms with Crippen molar-refractivity contribution in [1.29, 1.82) is 0 Å². The minimum absolute atomic E-state index is 0.00346. The number of aliphatic hydroxyl groups excluding tert-OH is 1. The van der Waals surface area contributed by atoms with Crippen LogP contribution in [0.2, 0.25) is 5.82 Å². The summed E-state index contributed by atoms with van der Waals surface area (Å²) in [6.07, 6.45) is -0.972. The van der Waals surface area contributed by atoms with Gasteiger partial charge in [-0.3, -0.25) is 19.2 Å². The third-order valence-corrected chi connectivity index (χ3v) is 7.15. The number of nitrogens with one attached hydrogen (secondary N) is 1. The molecule has 1 fully saturated rings. The molecule has 2 N–H and O–H groups in total. The van der Waals surface area contributed by atoms with Crippen LogP contribution < -0.4 is 5.32 Å². The average molecular weight is 540 g/mol. The smallest absolute Gasteiger partial charge is 0.498 e. The van der Waals surface area contributed by atoms with Crippen molar-refractivity contribution >= 4 is 42.5 Å². The van der Waals surface area contributed by atoms with Gasteiger partial charge in [0.05, 0.1) is 22.8 Å². The van der Waals surface area contributed by atoms with Gasteiger partial charge in [0, 0.05) is 17.8 Å². The van der Waals surface area contributed by atoms with Gasteiger partial charge in [0.15, 0.2) is 5.78 Å². The lowest BCUT2D eigenvalue weighted by Gasteiger charge is -2.28. The summed E-state index contributed by atoms with van der Waals surface area (Å²) in [5.74, 6) is -2.72. The van der Waals surface area contributed by atoms with Crippen LogP contribution in [0.25, 0.3) is 11.3 Å². The Bertz CT molecular complexity index is 1150.